The summed E-state index contributed by atoms with van der Waals surface area (Å²) in [6.07, 6.45) is 3.48. The quantitative estimate of drug-likeness (QED) is 0.734. The van der Waals surface area contributed by atoms with Crippen molar-refractivity contribution in [3.05, 3.63) is 0 Å². The minimum atomic E-state index is -0.268. The number of alkyl carbamates (subject to hydrolysis) is 1. The van der Waals surface area contributed by atoms with Gasteiger partial charge in [0, 0.05) is 25.2 Å². The van der Waals surface area contributed by atoms with Crippen molar-refractivity contribution in [1.29, 1.82) is 0 Å². The summed E-state index contributed by atoms with van der Waals surface area (Å²) < 4.78 is 4.85. The number of carbonyl (C=O) groups is 1. The minimum Gasteiger partial charge on any atom is -0.450 e. The molecule has 1 unspecified atom stereocenters. The van der Waals surface area contributed by atoms with Crippen molar-refractivity contribution >= 4 is 6.09 Å². The van der Waals surface area contributed by atoms with Gasteiger partial charge in [0.25, 0.3) is 0 Å². The van der Waals surface area contributed by atoms with E-state index in [1.165, 1.54) is 12.8 Å². The Morgan fingerprint density at radius 1 is 1.50 bits per heavy atom. The van der Waals surface area contributed by atoms with E-state index in [-0.39, 0.29) is 6.09 Å². The highest BCUT2D eigenvalue weighted by atomic mass is 16.5. The van der Waals surface area contributed by atoms with Gasteiger partial charge in [-0.05, 0) is 26.2 Å². The second-order valence-corrected chi connectivity index (χ2v) is 4.08. The van der Waals surface area contributed by atoms with Crippen molar-refractivity contribution < 1.29 is 9.53 Å². The molecule has 1 aliphatic carbocycles. The number of rotatable bonds is 3. The third-order valence-electron chi connectivity index (χ3n) is 2.88. The van der Waals surface area contributed by atoms with Crippen molar-refractivity contribution in [1.82, 2.24) is 10.2 Å². The van der Waals surface area contributed by atoms with Crippen molar-refractivity contribution in [3.8, 4) is 0 Å². The van der Waals surface area contributed by atoms with Crippen LogP contribution in [0.4, 0.5) is 4.79 Å². The number of carbonyl (C=O) groups excluding carboxylic acids is 1. The van der Waals surface area contributed by atoms with Gasteiger partial charge in [-0.2, -0.15) is 0 Å². The van der Waals surface area contributed by atoms with Crippen LogP contribution >= 0.6 is 0 Å². The van der Waals surface area contributed by atoms with E-state index in [1.807, 2.05) is 6.92 Å². The number of nitrogens with zero attached hydrogens (tertiary/aromatic N) is 1. The standard InChI is InChI=1S/C10H18N2O2/c1-2-14-10(13)11-8-5-6-12(7-8)9-3-4-9/h8-9H,2-7H2,1H3,(H,11,13). The highest BCUT2D eigenvalue weighted by Crippen LogP contribution is 2.29. The van der Waals surface area contributed by atoms with Gasteiger partial charge in [0.2, 0.25) is 0 Å². The lowest BCUT2D eigenvalue weighted by Crippen LogP contribution is -2.37. The molecule has 1 aliphatic heterocycles. The summed E-state index contributed by atoms with van der Waals surface area (Å²) in [5.41, 5.74) is 0. The van der Waals surface area contributed by atoms with Crippen LogP contribution in [0.3, 0.4) is 0 Å². The summed E-state index contributed by atoms with van der Waals surface area (Å²) in [6.45, 7) is 4.40. The topological polar surface area (TPSA) is 41.6 Å². The van der Waals surface area contributed by atoms with E-state index in [2.05, 4.69) is 10.2 Å². The van der Waals surface area contributed by atoms with Gasteiger partial charge in [-0.1, -0.05) is 0 Å². The summed E-state index contributed by atoms with van der Waals surface area (Å²) >= 11 is 0. The van der Waals surface area contributed by atoms with Gasteiger partial charge in [-0.3, -0.25) is 4.90 Å². The maximum Gasteiger partial charge on any atom is 0.407 e. The van der Waals surface area contributed by atoms with E-state index < -0.39 is 0 Å². The molecule has 1 heterocycles. The van der Waals surface area contributed by atoms with Crippen LogP contribution in [0.25, 0.3) is 0 Å². The van der Waals surface area contributed by atoms with Crippen LogP contribution in [0.15, 0.2) is 0 Å². The predicted octanol–water partition coefficient (Wildman–Crippen LogP) is 0.969. The second-order valence-electron chi connectivity index (χ2n) is 4.08. The van der Waals surface area contributed by atoms with Gasteiger partial charge in [0.15, 0.2) is 0 Å². The maximum absolute atomic E-state index is 11.1. The lowest BCUT2D eigenvalue weighted by Gasteiger charge is -2.15. The minimum absolute atomic E-state index is 0.268. The zero-order valence-corrected chi connectivity index (χ0v) is 8.66. The fourth-order valence-electron chi connectivity index (χ4n) is 2.02. The molecule has 1 amide bonds. The molecule has 0 aromatic rings. The lowest BCUT2D eigenvalue weighted by atomic mass is 10.3. The van der Waals surface area contributed by atoms with E-state index >= 15 is 0 Å². The molecule has 2 fully saturated rings. The van der Waals surface area contributed by atoms with Gasteiger partial charge >= 0.3 is 6.09 Å². The molecule has 0 aromatic carbocycles. The highest BCUT2D eigenvalue weighted by Gasteiger charge is 2.34. The lowest BCUT2D eigenvalue weighted by molar-refractivity contribution is 0.148. The second kappa shape index (κ2) is 4.17. The Bertz CT molecular complexity index is 216. The first-order chi connectivity index (χ1) is 6.79. The fourth-order valence-corrected chi connectivity index (χ4v) is 2.02. The molecule has 1 atom stereocenters. The van der Waals surface area contributed by atoms with E-state index in [0.717, 1.165) is 25.6 Å². The molecule has 1 N–H and O–H groups in total. The number of hydrogen-bond acceptors (Lipinski definition) is 3. The molecule has 0 spiro atoms. The maximum atomic E-state index is 11.1. The van der Waals surface area contributed by atoms with Crippen molar-refractivity contribution in [2.45, 2.75) is 38.3 Å². The Morgan fingerprint density at radius 3 is 2.93 bits per heavy atom. The van der Waals surface area contributed by atoms with E-state index in [9.17, 15) is 4.79 Å². The number of amides is 1. The van der Waals surface area contributed by atoms with E-state index in [1.54, 1.807) is 0 Å². The summed E-state index contributed by atoms with van der Waals surface area (Å²) in [6, 6.07) is 1.11. The van der Waals surface area contributed by atoms with Crippen LogP contribution in [-0.2, 0) is 4.74 Å². The molecular weight excluding hydrogens is 180 g/mol. The monoisotopic (exact) mass is 198 g/mol. The molecule has 0 bridgehead atoms. The van der Waals surface area contributed by atoms with Gasteiger partial charge in [-0.25, -0.2) is 4.79 Å². The van der Waals surface area contributed by atoms with Gasteiger partial charge in [0.05, 0.1) is 6.61 Å². The third kappa shape index (κ3) is 2.38. The SMILES string of the molecule is CCOC(=O)NC1CCN(C2CC2)C1. The van der Waals surface area contributed by atoms with Crippen LogP contribution in [0.2, 0.25) is 0 Å². The molecule has 4 nitrogen and oxygen atoms in total. The van der Waals surface area contributed by atoms with Crippen LogP contribution in [-0.4, -0.2) is 42.8 Å². The fraction of sp³-hybridized carbons (Fsp3) is 0.900. The van der Waals surface area contributed by atoms with Gasteiger partial charge < -0.3 is 10.1 Å². The molecule has 0 aromatic heterocycles. The zero-order valence-electron chi connectivity index (χ0n) is 8.66. The summed E-state index contributed by atoms with van der Waals surface area (Å²) in [7, 11) is 0. The highest BCUT2D eigenvalue weighted by molar-refractivity contribution is 5.67. The Hall–Kier alpha value is -0.770. The van der Waals surface area contributed by atoms with Gasteiger partial charge in [0.1, 0.15) is 0 Å². The van der Waals surface area contributed by atoms with Crippen molar-refractivity contribution in [2.24, 2.45) is 0 Å². The first-order valence-electron chi connectivity index (χ1n) is 5.47. The van der Waals surface area contributed by atoms with Crippen LogP contribution in [0, 0.1) is 0 Å². The average Bonchev–Trinajstić information content (AvgIpc) is 2.89. The largest absolute Gasteiger partial charge is 0.450 e. The molecular formula is C10H18N2O2. The summed E-state index contributed by atoms with van der Waals surface area (Å²) in [5.74, 6) is 0. The van der Waals surface area contributed by atoms with E-state index in [4.69, 9.17) is 4.74 Å². The number of likely N-dealkylation sites (tertiary alicyclic amines) is 1. The predicted molar refractivity (Wildman–Crippen MR) is 53.2 cm³/mol. The zero-order chi connectivity index (χ0) is 9.97. The smallest absolute Gasteiger partial charge is 0.407 e. The number of ether oxygens (including phenoxy) is 1. The van der Waals surface area contributed by atoms with Crippen LogP contribution in [0.1, 0.15) is 26.2 Å². The summed E-state index contributed by atoms with van der Waals surface area (Å²) in [4.78, 5) is 13.6. The Kier molecular flexibility index (Phi) is 2.91. The summed E-state index contributed by atoms with van der Waals surface area (Å²) in [5, 5.41) is 2.89. The van der Waals surface area contributed by atoms with Crippen LogP contribution < -0.4 is 5.32 Å². The van der Waals surface area contributed by atoms with Crippen molar-refractivity contribution in [2.75, 3.05) is 19.7 Å². The Balaban J connectivity index is 1.69. The molecule has 1 saturated carbocycles. The molecule has 80 valence electrons. The molecule has 0 radical (unpaired) electrons. The molecule has 4 heteroatoms. The van der Waals surface area contributed by atoms with Crippen LogP contribution in [0.5, 0.6) is 0 Å². The molecule has 2 rings (SSSR count). The van der Waals surface area contributed by atoms with E-state index in [0.29, 0.717) is 12.6 Å². The number of nitrogens with one attached hydrogen (secondary N) is 1. The third-order valence-corrected chi connectivity index (χ3v) is 2.88. The number of hydrogen-bond donors (Lipinski definition) is 1. The Labute approximate surface area is 84.6 Å². The van der Waals surface area contributed by atoms with Crippen molar-refractivity contribution in [3.63, 3.8) is 0 Å². The molecule has 14 heavy (non-hydrogen) atoms. The Morgan fingerprint density at radius 2 is 2.29 bits per heavy atom. The molecule has 2 aliphatic rings. The molecule has 1 saturated heterocycles. The van der Waals surface area contributed by atoms with Gasteiger partial charge in [-0.15, -0.1) is 0 Å². The first-order valence-corrected chi connectivity index (χ1v) is 5.47. The first kappa shape index (κ1) is 9.77. The normalized spacial score (nSPS) is 27.6. The average molecular weight is 198 g/mol.